The molecule has 0 aromatic rings. The average molecular weight is 241 g/mol. The van der Waals surface area contributed by atoms with E-state index < -0.39 is 0 Å². The van der Waals surface area contributed by atoms with Crippen LogP contribution in [0.15, 0.2) is 23.6 Å². The number of rotatable bonds is 7. The smallest absolute Gasteiger partial charge is 0.155 e. The molecule has 1 atom stereocenters. The highest BCUT2D eigenvalue weighted by molar-refractivity contribution is 5.88. The first kappa shape index (κ1) is 16.0. The number of allylic oxidation sites excluding steroid dienone is 3. The Balaban J connectivity index is 4.84. The van der Waals surface area contributed by atoms with E-state index in [0.29, 0.717) is 17.9 Å². The molecule has 0 saturated heterocycles. The topological polar surface area (TPSA) is 20.3 Å². The summed E-state index contributed by atoms with van der Waals surface area (Å²) < 4.78 is 13.8. The molecule has 17 heavy (non-hydrogen) atoms. The summed E-state index contributed by atoms with van der Waals surface area (Å²) >= 11 is 0. The fourth-order valence-electron chi connectivity index (χ4n) is 1.36. The molecule has 0 spiro atoms. The van der Waals surface area contributed by atoms with Crippen LogP contribution in [0, 0.1) is 5.92 Å². The highest BCUT2D eigenvalue weighted by atomic mass is 19.1. The molecule has 98 valence electrons. The Bertz CT molecular complexity index is 305. The van der Waals surface area contributed by atoms with E-state index in [0.717, 1.165) is 19.0 Å². The van der Waals surface area contributed by atoms with Gasteiger partial charge in [-0.25, -0.2) is 4.39 Å². The molecule has 0 aliphatic heterocycles. The van der Waals surface area contributed by atoms with E-state index in [1.54, 1.807) is 0 Å². The average Bonchev–Trinajstić information content (AvgIpc) is 2.22. The number of hydrogen-bond donors (Lipinski definition) is 0. The van der Waals surface area contributed by atoms with Gasteiger partial charge in [0.1, 0.15) is 5.83 Å². The molecule has 0 bridgehead atoms. The van der Waals surface area contributed by atoms with Crippen molar-refractivity contribution in [1.29, 1.82) is 0 Å². The lowest BCUT2D eigenvalue weighted by Crippen LogP contribution is -2.14. The molecule has 0 fully saturated rings. The van der Waals surface area contributed by atoms with Crippen molar-refractivity contribution >= 4 is 5.78 Å². The third-order valence-corrected chi connectivity index (χ3v) is 2.59. The summed E-state index contributed by atoms with van der Waals surface area (Å²) in [5.74, 6) is -0.305. The first-order chi connectivity index (χ1) is 7.86. The number of halogens is 1. The van der Waals surface area contributed by atoms with E-state index in [-0.39, 0.29) is 11.6 Å². The van der Waals surface area contributed by atoms with Crippen molar-refractivity contribution < 1.29 is 9.18 Å². The highest BCUT2D eigenvalue weighted by Crippen LogP contribution is 2.19. The van der Waals surface area contributed by atoms with Gasteiger partial charge >= 0.3 is 0 Å². The minimum atomic E-state index is -0.389. The third kappa shape index (κ3) is 7.86. The Labute approximate surface area is 104 Å². The molecular formula is C14H24FNO. The van der Waals surface area contributed by atoms with Crippen LogP contribution >= 0.6 is 0 Å². The molecule has 0 aliphatic rings. The maximum atomic E-state index is 13.8. The van der Waals surface area contributed by atoms with Crippen molar-refractivity contribution in [2.75, 3.05) is 20.6 Å². The lowest BCUT2D eigenvalue weighted by Gasteiger charge is -2.13. The van der Waals surface area contributed by atoms with Gasteiger partial charge in [0.2, 0.25) is 0 Å². The van der Waals surface area contributed by atoms with Gasteiger partial charge in [0, 0.05) is 12.6 Å². The van der Waals surface area contributed by atoms with Crippen molar-refractivity contribution in [3.63, 3.8) is 0 Å². The quantitative estimate of drug-likeness (QED) is 0.503. The predicted octanol–water partition coefficient (Wildman–Crippen LogP) is 3.35. The van der Waals surface area contributed by atoms with Gasteiger partial charge in [-0.1, -0.05) is 26.3 Å². The van der Waals surface area contributed by atoms with Crippen LogP contribution < -0.4 is 0 Å². The normalized spacial score (nSPS) is 15.2. The minimum absolute atomic E-state index is 0.248. The summed E-state index contributed by atoms with van der Waals surface area (Å²) in [4.78, 5) is 12.9. The number of carbonyl (C=O) groups is 1. The second-order valence-corrected chi connectivity index (χ2v) is 4.73. The van der Waals surface area contributed by atoms with Crippen LogP contribution in [0.3, 0.4) is 0 Å². The van der Waals surface area contributed by atoms with Gasteiger partial charge in [-0.2, -0.15) is 0 Å². The SMILES string of the molecule is CCC(C)/C=C(CCN(C)C)\C(F)=C/C(C)=O. The van der Waals surface area contributed by atoms with Crippen LogP contribution in [0.1, 0.15) is 33.6 Å². The molecule has 2 nitrogen and oxygen atoms in total. The summed E-state index contributed by atoms with van der Waals surface area (Å²) in [6.45, 7) is 6.27. The number of nitrogens with zero attached hydrogens (tertiary/aromatic N) is 1. The van der Waals surface area contributed by atoms with E-state index in [4.69, 9.17) is 0 Å². The molecule has 0 aromatic heterocycles. The Hall–Kier alpha value is -0.960. The van der Waals surface area contributed by atoms with E-state index >= 15 is 0 Å². The summed E-state index contributed by atoms with van der Waals surface area (Å²) in [5, 5.41) is 0. The van der Waals surface area contributed by atoms with Gasteiger partial charge in [0.15, 0.2) is 5.78 Å². The molecule has 0 saturated carbocycles. The van der Waals surface area contributed by atoms with Gasteiger partial charge in [-0.3, -0.25) is 4.79 Å². The fourth-order valence-corrected chi connectivity index (χ4v) is 1.36. The van der Waals surface area contributed by atoms with Crippen molar-refractivity contribution in [1.82, 2.24) is 4.90 Å². The zero-order chi connectivity index (χ0) is 13.4. The van der Waals surface area contributed by atoms with Crippen molar-refractivity contribution in [3.05, 3.63) is 23.6 Å². The van der Waals surface area contributed by atoms with Crippen LogP contribution in [0.2, 0.25) is 0 Å². The Kier molecular flexibility index (Phi) is 7.72. The summed E-state index contributed by atoms with van der Waals surface area (Å²) in [5.41, 5.74) is 0.642. The molecule has 3 heteroatoms. The largest absolute Gasteiger partial charge is 0.309 e. The van der Waals surface area contributed by atoms with E-state index in [2.05, 4.69) is 13.8 Å². The maximum absolute atomic E-state index is 13.8. The first-order valence-corrected chi connectivity index (χ1v) is 6.10. The zero-order valence-electron chi connectivity index (χ0n) is 11.6. The van der Waals surface area contributed by atoms with Gasteiger partial charge in [0.25, 0.3) is 0 Å². The van der Waals surface area contributed by atoms with E-state index in [1.807, 2.05) is 25.1 Å². The summed E-state index contributed by atoms with van der Waals surface area (Å²) in [6.07, 6.45) is 4.61. The molecule has 0 rings (SSSR count). The lowest BCUT2D eigenvalue weighted by atomic mass is 10.0. The van der Waals surface area contributed by atoms with Crippen LogP contribution in [-0.4, -0.2) is 31.3 Å². The Morgan fingerprint density at radius 1 is 1.41 bits per heavy atom. The standard InChI is InChI=1S/C14H24FNO/c1-6-11(2)9-13(7-8-16(4)5)14(15)10-12(3)17/h9-11H,6-8H2,1-5H3/b13-9-,14-10+. The molecule has 0 aromatic carbocycles. The Morgan fingerprint density at radius 3 is 2.41 bits per heavy atom. The molecule has 0 amide bonds. The first-order valence-electron chi connectivity index (χ1n) is 6.10. The number of carbonyl (C=O) groups excluding carboxylic acids is 1. The molecule has 0 N–H and O–H groups in total. The summed E-state index contributed by atoms with van der Waals surface area (Å²) in [7, 11) is 3.90. The second-order valence-electron chi connectivity index (χ2n) is 4.73. The van der Waals surface area contributed by atoms with Gasteiger partial charge < -0.3 is 4.90 Å². The summed E-state index contributed by atoms with van der Waals surface area (Å²) in [6, 6.07) is 0. The molecule has 0 aliphatic carbocycles. The molecule has 1 unspecified atom stereocenters. The fraction of sp³-hybridized carbons (Fsp3) is 0.643. The highest BCUT2D eigenvalue weighted by Gasteiger charge is 2.08. The Morgan fingerprint density at radius 2 is 2.00 bits per heavy atom. The molecular weight excluding hydrogens is 217 g/mol. The third-order valence-electron chi connectivity index (χ3n) is 2.59. The van der Waals surface area contributed by atoms with Crippen LogP contribution in [0.5, 0.6) is 0 Å². The monoisotopic (exact) mass is 241 g/mol. The van der Waals surface area contributed by atoms with Gasteiger partial charge in [0.05, 0.1) is 0 Å². The molecule has 0 heterocycles. The zero-order valence-corrected chi connectivity index (χ0v) is 11.6. The maximum Gasteiger partial charge on any atom is 0.155 e. The number of ketones is 1. The minimum Gasteiger partial charge on any atom is -0.309 e. The second kappa shape index (κ2) is 8.18. The van der Waals surface area contributed by atoms with Crippen molar-refractivity contribution in [3.8, 4) is 0 Å². The van der Waals surface area contributed by atoms with Crippen LogP contribution in [0.4, 0.5) is 4.39 Å². The lowest BCUT2D eigenvalue weighted by molar-refractivity contribution is -0.112. The van der Waals surface area contributed by atoms with E-state index in [9.17, 15) is 9.18 Å². The van der Waals surface area contributed by atoms with Gasteiger partial charge in [-0.05, 0) is 38.9 Å². The van der Waals surface area contributed by atoms with Crippen LogP contribution in [0.25, 0.3) is 0 Å². The predicted molar refractivity (Wildman–Crippen MR) is 70.6 cm³/mol. The van der Waals surface area contributed by atoms with Crippen molar-refractivity contribution in [2.24, 2.45) is 5.92 Å². The van der Waals surface area contributed by atoms with Crippen LogP contribution in [-0.2, 0) is 4.79 Å². The number of hydrogen-bond acceptors (Lipinski definition) is 2. The van der Waals surface area contributed by atoms with Crippen molar-refractivity contribution in [2.45, 2.75) is 33.6 Å². The van der Waals surface area contributed by atoms with E-state index in [1.165, 1.54) is 6.92 Å². The molecule has 0 radical (unpaired) electrons. The van der Waals surface area contributed by atoms with Gasteiger partial charge in [-0.15, -0.1) is 0 Å².